The van der Waals surface area contributed by atoms with E-state index in [0.29, 0.717) is 16.7 Å². The van der Waals surface area contributed by atoms with E-state index >= 15 is 0 Å². The van der Waals surface area contributed by atoms with Crippen LogP contribution in [-0.4, -0.2) is 15.9 Å². The Hall–Kier alpha value is -3.16. The summed E-state index contributed by atoms with van der Waals surface area (Å²) in [6.45, 7) is 1.36. The fourth-order valence-electron chi connectivity index (χ4n) is 2.71. The molecule has 27 heavy (non-hydrogen) atoms. The fourth-order valence-corrected chi connectivity index (χ4v) is 2.71. The van der Waals surface area contributed by atoms with Crippen LogP contribution in [0.5, 0.6) is 0 Å². The lowest BCUT2D eigenvalue weighted by molar-refractivity contribution is -0.138. The molecule has 3 aromatic rings. The number of hydrogen-bond acceptors (Lipinski definition) is 3. The highest BCUT2D eigenvalue weighted by Crippen LogP contribution is 2.33. The minimum atomic E-state index is -4.49. The zero-order valence-electron chi connectivity index (χ0n) is 14.4. The number of aromatic nitrogens is 2. The van der Waals surface area contributed by atoms with Crippen LogP contribution in [0.3, 0.4) is 0 Å². The number of benzene rings is 2. The van der Waals surface area contributed by atoms with E-state index in [1.165, 1.54) is 19.1 Å². The van der Waals surface area contributed by atoms with Crippen LogP contribution in [0.1, 0.15) is 23.4 Å². The Morgan fingerprint density at radius 1 is 1.19 bits per heavy atom. The Labute approximate surface area is 152 Å². The summed E-state index contributed by atoms with van der Waals surface area (Å²) in [4.78, 5) is 31.0. The van der Waals surface area contributed by atoms with Crippen LogP contribution < -0.4 is 10.9 Å². The number of amides is 1. The maximum absolute atomic E-state index is 12.9. The van der Waals surface area contributed by atoms with Gasteiger partial charge in [-0.1, -0.05) is 18.2 Å². The summed E-state index contributed by atoms with van der Waals surface area (Å²) in [5.74, 6) is -0.128. The topological polar surface area (TPSA) is 74.8 Å². The Kier molecular flexibility index (Phi) is 4.98. The number of hydrogen-bond donors (Lipinski definition) is 2. The minimum Gasteiger partial charge on any atom is -0.326 e. The van der Waals surface area contributed by atoms with Crippen molar-refractivity contribution in [3.05, 3.63) is 69.8 Å². The number of halogens is 3. The zero-order valence-corrected chi connectivity index (χ0v) is 14.4. The van der Waals surface area contributed by atoms with Crippen molar-refractivity contribution in [3.63, 3.8) is 0 Å². The van der Waals surface area contributed by atoms with Crippen molar-refractivity contribution in [2.24, 2.45) is 0 Å². The van der Waals surface area contributed by atoms with Gasteiger partial charge in [0.1, 0.15) is 5.82 Å². The molecule has 2 aromatic carbocycles. The molecule has 5 nitrogen and oxygen atoms in total. The van der Waals surface area contributed by atoms with Gasteiger partial charge >= 0.3 is 6.18 Å². The third-order valence-corrected chi connectivity index (χ3v) is 4.08. The summed E-state index contributed by atoms with van der Waals surface area (Å²) >= 11 is 0. The summed E-state index contributed by atoms with van der Waals surface area (Å²) in [7, 11) is 0. The van der Waals surface area contributed by atoms with E-state index in [1.54, 1.807) is 24.3 Å². The molecule has 1 amide bonds. The molecule has 0 aliphatic carbocycles. The molecule has 0 saturated carbocycles. The molecule has 1 aromatic heterocycles. The van der Waals surface area contributed by atoms with Crippen LogP contribution >= 0.6 is 0 Å². The van der Waals surface area contributed by atoms with Crippen LogP contribution in [0.2, 0.25) is 0 Å². The largest absolute Gasteiger partial charge is 0.416 e. The Bertz CT molecular complexity index is 1060. The number of para-hydroxylation sites is 1. The highest BCUT2D eigenvalue weighted by Gasteiger charge is 2.32. The Morgan fingerprint density at radius 2 is 1.93 bits per heavy atom. The smallest absolute Gasteiger partial charge is 0.326 e. The average molecular weight is 375 g/mol. The second-order valence-electron chi connectivity index (χ2n) is 6.11. The molecular formula is C19H16F3N3O2. The van der Waals surface area contributed by atoms with Crippen LogP contribution in [0, 0.1) is 6.92 Å². The number of nitrogens with one attached hydrogen (secondary N) is 2. The van der Waals surface area contributed by atoms with E-state index in [1.807, 2.05) is 0 Å². The Morgan fingerprint density at radius 3 is 2.67 bits per heavy atom. The first kappa shape index (κ1) is 18.6. The van der Waals surface area contributed by atoms with Gasteiger partial charge < -0.3 is 10.3 Å². The lowest BCUT2D eigenvalue weighted by Gasteiger charge is -2.12. The van der Waals surface area contributed by atoms with Gasteiger partial charge in [-0.15, -0.1) is 0 Å². The number of carbonyl (C=O) groups is 1. The molecule has 0 aliphatic rings. The van der Waals surface area contributed by atoms with Crippen molar-refractivity contribution in [2.75, 3.05) is 5.32 Å². The molecule has 3 rings (SSSR count). The highest BCUT2D eigenvalue weighted by atomic mass is 19.4. The highest BCUT2D eigenvalue weighted by molar-refractivity contribution is 5.91. The number of H-pyrrole nitrogens is 1. The first-order valence-electron chi connectivity index (χ1n) is 8.19. The molecule has 0 saturated heterocycles. The molecule has 1 heterocycles. The first-order valence-corrected chi connectivity index (χ1v) is 8.19. The van der Waals surface area contributed by atoms with Crippen molar-refractivity contribution in [1.82, 2.24) is 9.97 Å². The van der Waals surface area contributed by atoms with Gasteiger partial charge in [0.25, 0.3) is 5.56 Å². The summed E-state index contributed by atoms with van der Waals surface area (Å²) in [5.41, 5.74) is -0.425. The van der Waals surface area contributed by atoms with Gasteiger partial charge in [-0.3, -0.25) is 9.59 Å². The van der Waals surface area contributed by atoms with Gasteiger partial charge in [-0.25, -0.2) is 4.98 Å². The molecular weight excluding hydrogens is 359 g/mol. The molecule has 140 valence electrons. The van der Waals surface area contributed by atoms with Crippen molar-refractivity contribution in [1.29, 1.82) is 0 Å². The van der Waals surface area contributed by atoms with E-state index in [0.717, 1.165) is 6.07 Å². The molecule has 2 N–H and O–H groups in total. The number of aryl methyl sites for hydroxylation is 2. The summed E-state index contributed by atoms with van der Waals surface area (Å²) in [6, 6.07) is 10.4. The van der Waals surface area contributed by atoms with Crippen LogP contribution in [0.4, 0.5) is 18.9 Å². The van der Waals surface area contributed by atoms with Crippen molar-refractivity contribution >= 4 is 22.5 Å². The monoisotopic (exact) mass is 375 g/mol. The van der Waals surface area contributed by atoms with E-state index < -0.39 is 17.6 Å². The number of aromatic amines is 1. The quantitative estimate of drug-likeness (QED) is 0.728. The predicted molar refractivity (Wildman–Crippen MR) is 95.5 cm³/mol. The standard InChI is InChI=1S/C19H16F3N3O2/c1-11-6-7-12(10-14(11)19(20,21)22)23-17(26)9-8-16-24-15-5-3-2-4-13(15)18(27)25-16/h2-7,10H,8-9H2,1H3,(H,23,26)(H,24,25,27). The molecule has 0 fully saturated rings. The van der Waals surface area contributed by atoms with Crippen molar-refractivity contribution in [3.8, 4) is 0 Å². The molecule has 0 bridgehead atoms. The second-order valence-corrected chi connectivity index (χ2v) is 6.11. The zero-order chi connectivity index (χ0) is 19.6. The van der Waals surface area contributed by atoms with Crippen LogP contribution in [-0.2, 0) is 17.4 Å². The molecule has 0 aliphatic heterocycles. The summed E-state index contributed by atoms with van der Waals surface area (Å²) in [6.07, 6.45) is -4.36. The number of rotatable bonds is 4. The lowest BCUT2D eigenvalue weighted by Crippen LogP contribution is -2.17. The maximum atomic E-state index is 12.9. The normalized spacial score (nSPS) is 11.6. The number of fused-ring (bicyclic) bond motifs is 1. The van der Waals surface area contributed by atoms with Crippen molar-refractivity contribution < 1.29 is 18.0 Å². The van der Waals surface area contributed by atoms with E-state index in [-0.39, 0.29) is 29.7 Å². The van der Waals surface area contributed by atoms with E-state index in [2.05, 4.69) is 15.3 Å². The molecule has 0 spiro atoms. The Balaban J connectivity index is 1.69. The lowest BCUT2D eigenvalue weighted by atomic mass is 10.1. The van der Waals surface area contributed by atoms with E-state index in [4.69, 9.17) is 0 Å². The van der Waals surface area contributed by atoms with E-state index in [9.17, 15) is 22.8 Å². The van der Waals surface area contributed by atoms with Crippen molar-refractivity contribution in [2.45, 2.75) is 25.9 Å². The number of carbonyl (C=O) groups excluding carboxylic acids is 1. The van der Waals surface area contributed by atoms with Gasteiger partial charge in [0, 0.05) is 18.5 Å². The predicted octanol–water partition coefficient (Wildman–Crippen LogP) is 3.82. The molecule has 0 unspecified atom stereocenters. The number of nitrogens with zero attached hydrogens (tertiary/aromatic N) is 1. The summed E-state index contributed by atoms with van der Waals surface area (Å²) < 4.78 is 38.8. The SMILES string of the molecule is Cc1ccc(NC(=O)CCc2nc3ccccc3c(=O)[nH]2)cc1C(F)(F)F. The fraction of sp³-hybridized carbons (Fsp3) is 0.211. The minimum absolute atomic E-state index is 0.0312. The summed E-state index contributed by atoms with van der Waals surface area (Å²) in [5, 5.41) is 2.89. The van der Waals surface area contributed by atoms with Crippen LogP contribution in [0.25, 0.3) is 10.9 Å². The van der Waals surface area contributed by atoms with Gasteiger partial charge in [0.05, 0.1) is 16.5 Å². The second kappa shape index (κ2) is 7.22. The molecule has 0 radical (unpaired) electrons. The average Bonchev–Trinajstić information content (AvgIpc) is 2.61. The van der Waals surface area contributed by atoms with Gasteiger partial charge in [0.2, 0.25) is 5.91 Å². The number of alkyl halides is 3. The third kappa shape index (κ3) is 4.33. The number of anilines is 1. The van der Waals surface area contributed by atoms with Gasteiger partial charge in [0.15, 0.2) is 0 Å². The first-order chi connectivity index (χ1) is 12.7. The molecule has 0 atom stereocenters. The third-order valence-electron chi connectivity index (χ3n) is 4.08. The molecule has 8 heteroatoms. The van der Waals surface area contributed by atoms with Crippen LogP contribution in [0.15, 0.2) is 47.3 Å². The maximum Gasteiger partial charge on any atom is 0.416 e. The van der Waals surface area contributed by atoms with Gasteiger partial charge in [-0.05, 0) is 36.8 Å². The van der Waals surface area contributed by atoms with Gasteiger partial charge in [-0.2, -0.15) is 13.2 Å².